The summed E-state index contributed by atoms with van der Waals surface area (Å²) in [5.41, 5.74) is 0. The van der Waals surface area contributed by atoms with Gasteiger partial charge in [0.2, 0.25) is 5.91 Å². The van der Waals surface area contributed by atoms with Crippen molar-refractivity contribution >= 4 is 23.9 Å². The van der Waals surface area contributed by atoms with Gasteiger partial charge in [-0.05, 0) is 13.8 Å². The highest BCUT2D eigenvalue weighted by Gasteiger charge is 2.38. The largest absolute Gasteiger partial charge is 0.366 e. The summed E-state index contributed by atoms with van der Waals surface area (Å²) in [7, 11) is 0. The molecule has 5 nitrogen and oxygen atoms in total. The second-order valence-electron chi connectivity index (χ2n) is 3.82. The van der Waals surface area contributed by atoms with Crippen molar-refractivity contribution in [2.75, 3.05) is 32.2 Å². The van der Waals surface area contributed by atoms with Gasteiger partial charge >= 0.3 is 0 Å². The van der Waals surface area contributed by atoms with Gasteiger partial charge in [0, 0.05) is 31.9 Å². The van der Waals surface area contributed by atoms with E-state index in [9.17, 15) is 9.36 Å². The van der Waals surface area contributed by atoms with Crippen LogP contribution >= 0.6 is 18.0 Å². The average molecular weight is 310 g/mol. The third-order valence-electron chi connectivity index (χ3n) is 2.66. The maximum atomic E-state index is 13.3. The standard InChI is InChI=1S/C12H27N2O3PS/c1-6-12(15)14(8-3)18(16,19-10-5)13(7-2)11-17-9-4/h6-11H2,1-5H3. The van der Waals surface area contributed by atoms with Crippen LogP contribution in [0.2, 0.25) is 0 Å². The normalized spacial score (nSPS) is 14.4. The number of nitrogens with zero attached hydrogens (tertiary/aromatic N) is 2. The molecule has 1 unspecified atom stereocenters. The first kappa shape index (κ1) is 19.0. The Labute approximate surface area is 121 Å². The van der Waals surface area contributed by atoms with E-state index in [1.807, 2.05) is 27.7 Å². The van der Waals surface area contributed by atoms with Crippen molar-refractivity contribution in [3.05, 3.63) is 0 Å². The molecular formula is C12H27N2O3PS. The van der Waals surface area contributed by atoms with E-state index in [2.05, 4.69) is 0 Å². The number of hydrogen-bond donors (Lipinski definition) is 0. The van der Waals surface area contributed by atoms with Gasteiger partial charge in [-0.15, -0.1) is 0 Å². The van der Waals surface area contributed by atoms with Gasteiger partial charge in [0.25, 0.3) is 6.65 Å². The molecule has 0 fully saturated rings. The summed E-state index contributed by atoms with van der Waals surface area (Å²) >= 11 is 1.34. The van der Waals surface area contributed by atoms with Crippen molar-refractivity contribution in [1.82, 2.24) is 9.34 Å². The molecule has 0 aliphatic heterocycles. The highest BCUT2D eigenvalue weighted by Crippen LogP contribution is 2.64. The molecule has 1 atom stereocenters. The van der Waals surface area contributed by atoms with Crippen LogP contribution in [-0.4, -0.2) is 47.4 Å². The van der Waals surface area contributed by atoms with E-state index in [1.54, 1.807) is 11.6 Å². The summed E-state index contributed by atoms with van der Waals surface area (Å²) in [4.78, 5) is 12.0. The molecule has 114 valence electrons. The SMILES string of the molecule is CCOCN(CC)P(=O)(SCC)N(CC)C(=O)CC. The van der Waals surface area contributed by atoms with Crippen molar-refractivity contribution < 1.29 is 14.1 Å². The minimum absolute atomic E-state index is 0.0678. The Bertz CT molecular complexity index is 315. The van der Waals surface area contributed by atoms with E-state index >= 15 is 0 Å². The fraction of sp³-hybridized carbons (Fsp3) is 0.917. The molecule has 0 spiro atoms. The second kappa shape index (κ2) is 9.81. The maximum absolute atomic E-state index is 13.3. The summed E-state index contributed by atoms with van der Waals surface area (Å²) < 4.78 is 22.0. The quantitative estimate of drug-likeness (QED) is 0.457. The Kier molecular flexibility index (Phi) is 9.79. The smallest absolute Gasteiger partial charge is 0.299 e. The number of amides is 1. The molecule has 0 rings (SSSR count). The molecule has 0 aromatic heterocycles. The Morgan fingerprint density at radius 1 is 1.16 bits per heavy atom. The van der Waals surface area contributed by atoms with Gasteiger partial charge in [-0.2, -0.15) is 0 Å². The van der Waals surface area contributed by atoms with Crippen molar-refractivity contribution in [2.24, 2.45) is 0 Å². The zero-order valence-electron chi connectivity index (χ0n) is 12.7. The molecular weight excluding hydrogens is 283 g/mol. The lowest BCUT2D eigenvalue weighted by molar-refractivity contribution is -0.126. The molecule has 19 heavy (non-hydrogen) atoms. The number of rotatable bonds is 10. The first-order valence-electron chi connectivity index (χ1n) is 6.90. The van der Waals surface area contributed by atoms with Crippen molar-refractivity contribution in [1.29, 1.82) is 0 Å². The zero-order chi connectivity index (χ0) is 14.9. The van der Waals surface area contributed by atoms with Gasteiger partial charge in [0.05, 0.1) is 0 Å². The highest BCUT2D eigenvalue weighted by atomic mass is 32.7. The monoisotopic (exact) mass is 310 g/mol. The van der Waals surface area contributed by atoms with Gasteiger partial charge in [-0.25, -0.2) is 4.67 Å². The Hall–Kier alpha value is -0.0300. The zero-order valence-corrected chi connectivity index (χ0v) is 14.4. The maximum Gasteiger partial charge on any atom is 0.299 e. The van der Waals surface area contributed by atoms with Crippen LogP contribution in [0, 0.1) is 0 Å². The molecule has 0 saturated heterocycles. The van der Waals surface area contributed by atoms with Crippen LogP contribution in [0.25, 0.3) is 0 Å². The Morgan fingerprint density at radius 3 is 2.16 bits per heavy atom. The molecule has 0 aliphatic rings. The second-order valence-corrected chi connectivity index (χ2v) is 8.88. The van der Waals surface area contributed by atoms with Crippen molar-refractivity contribution in [3.8, 4) is 0 Å². The Morgan fingerprint density at radius 2 is 1.79 bits per heavy atom. The number of ether oxygens (including phenoxy) is 1. The fourth-order valence-electron chi connectivity index (χ4n) is 1.69. The average Bonchev–Trinajstić information content (AvgIpc) is 2.40. The number of carbonyl (C=O) groups excluding carboxylic acids is 1. The van der Waals surface area contributed by atoms with E-state index in [1.165, 1.54) is 16.1 Å². The fourth-order valence-corrected chi connectivity index (χ4v) is 7.03. The van der Waals surface area contributed by atoms with Crippen LogP contribution in [0.15, 0.2) is 0 Å². The molecule has 0 bridgehead atoms. The minimum atomic E-state index is -2.93. The van der Waals surface area contributed by atoms with Gasteiger partial charge in [-0.1, -0.05) is 32.2 Å². The van der Waals surface area contributed by atoms with E-state index in [0.717, 1.165) is 0 Å². The van der Waals surface area contributed by atoms with E-state index in [0.29, 0.717) is 38.6 Å². The minimum Gasteiger partial charge on any atom is -0.366 e. The molecule has 0 radical (unpaired) electrons. The predicted molar refractivity (Wildman–Crippen MR) is 82.3 cm³/mol. The van der Waals surface area contributed by atoms with Crippen LogP contribution in [0.5, 0.6) is 0 Å². The lowest BCUT2D eigenvalue weighted by atomic mass is 10.4. The van der Waals surface area contributed by atoms with E-state index < -0.39 is 6.65 Å². The number of carbonyl (C=O) groups is 1. The molecule has 0 aromatic carbocycles. The number of hydrogen-bond acceptors (Lipinski definition) is 4. The van der Waals surface area contributed by atoms with Crippen LogP contribution in [-0.2, 0) is 14.1 Å². The summed E-state index contributed by atoms with van der Waals surface area (Å²) in [6.07, 6.45) is 0.369. The molecule has 0 saturated carbocycles. The van der Waals surface area contributed by atoms with Gasteiger partial charge < -0.3 is 4.74 Å². The molecule has 0 heterocycles. The third kappa shape index (κ3) is 5.10. The third-order valence-corrected chi connectivity index (χ3v) is 8.55. The topological polar surface area (TPSA) is 49.9 Å². The first-order chi connectivity index (χ1) is 9.01. The first-order valence-corrected chi connectivity index (χ1v) is 10.1. The lowest BCUT2D eigenvalue weighted by Crippen LogP contribution is -2.35. The van der Waals surface area contributed by atoms with E-state index in [-0.39, 0.29) is 5.91 Å². The lowest BCUT2D eigenvalue weighted by Gasteiger charge is -2.37. The van der Waals surface area contributed by atoms with Crippen molar-refractivity contribution in [2.45, 2.75) is 41.0 Å². The highest BCUT2D eigenvalue weighted by molar-refractivity contribution is 8.56. The van der Waals surface area contributed by atoms with Crippen molar-refractivity contribution in [3.63, 3.8) is 0 Å². The van der Waals surface area contributed by atoms with Crippen LogP contribution < -0.4 is 0 Å². The molecule has 7 heteroatoms. The molecule has 0 N–H and O–H groups in total. The molecule has 0 aliphatic carbocycles. The van der Waals surface area contributed by atoms with Crippen LogP contribution in [0.3, 0.4) is 0 Å². The molecule has 1 amide bonds. The summed E-state index contributed by atoms with van der Waals surface area (Å²) in [6, 6.07) is 0. The summed E-state index contributed by atoms with van der Waals surface area (Å²) in [6.45, 7) is 8.44. The molecule has 0 aromatic rings. The van der Waals surface area contributed by atoms with Crippen LogP contribution in [0.4, 0.5) is 0 Å². The summed E-state index contributed by atoms with van der Waals surface area (Å²) in [5, 5.41) is 0. The van der Waals surface area contributed by atoms with Gasteiger partial charge in [0.15, 0.2) is 0 Å². The summed E-state index contributed by atoms with van der Waals surface area (Å²) in [5.74, 6) is 0.634. The van der Waals surface area contributed by atoms with Gasteiger partial charge in [-0.3, -0.25) is 14.0 Å². The van der Waals surface area contributed by atoms with Crippen LogP contribution in [0.1, 0.15) is 41.0 Å². The van der Waals surface area contributed by atoms with Gasteiger partial charge in [0.1, 0.15) is 6.73 Å². The van der Waals surface area contributed by atoms with E-state index in [4.69, 9.17) is 4.74 Å². The predicted octanol–water partition coefficient (Wildman–Crippen LogP) is 3.42. The Balaban J connectivity index is 5.27.